The van der Waals surface area contributed by atoms with E-state index in [4.69, 9.17) is 9.30 Å². The number of hydrogen-bond acceptors (Lipinski definition) is 0. The van der Waals surface area contributed by atoms with Gasteiger partial charge in [-0.05, 0) is 0 Å². The van der Waals surface area contributed by atoms with Gasteiger partial charge in [0.15, 0.2) is 0 Å². The number of rotatable bonds is 6. The molecule has 0 bridgehead atoms. The predicted octanol–water partition coefficient (Wildman–Crippen LogP) is 7.90. The molecule has 0 saturated carbocycles. The van der Waals surface area contributed by atoms with E-state index in [1.165, 1.54) is 5.45 Å². The van der Waals surface area contributed by atoms with Crippen LogP contribution in [0.5, 0.6) is 0 Å². The molecule has 0 fully saturated rings. The van der Waals surface area contributed by atoms with Gasteiger partial charge in [-0.2, -0.15) is 0 Å². The van der Waals surface area contributed by atoms with E-state index >= 15 is 0 Å². The van der Waals surface area contributed by atoms with Crippen LogP contribution in [0, 0.1) is 19.7 Å². The Labute approximate surface area is 220 Å². The summed E-state index contributed by atoms with van der Waals surface area (Å²) < 4.78 is 17.5. The number of hydrogen-bond donors (Lipinski definition) is 0. The molecule has 2 radical (unpaired) electrons. The third-order valence-electron chi connectivity index (χ3n) is 4.57. The zero-order valence-corrected chi connectivity index (χ0v) is 32.2. The van der Waals surface area contributed by atoms with Gasteiger partial charge in [0.1, 0.15) is 0 Å². The van der Waals surface area contributed by atoms with Crippen molar-refractivity contribution in [2.75, 3.05) is 0 Å². The van der Waals surface area contributed by atoms with Crippen LogP contribution in [-0.4, -0.2) is 50.7 Å². The van der Waals surface area contributed by atoms with Crippen molar-refractivity contribution in [1.82, 2.24) is 0 Å². The molecule has 174 valence electrons. The molecule has 1 aliphatic carbocycles. The summed E-state index contributed by atoms with van der Waals surface area (Å²) in [4.78, 5) is 0. The Morgan fingerprint density at radius 2 is 0.767 bits per heavy atom. The Hall–Kier alpha value is 2.00. The average molecular weight is 830 g/mol. The molecular weight excluding hydrogens is 787 g/mol. The van der Waals surface area contributed by atoms with Gasteiger partial charge < -0.3 is 0 Å². The summed E-state index contributed by atoms with van der Waals surface area (Å²) in [6.07, 6.45) is 10.0. The minimum atomic E-state index is -1.59. The summed E-state index contributed by atoms with van der Waals surface area (Å²) in [7, 11) is -4.05. The fraction of sp³-hybridized carbons (Fsp3) is 0.667. The number of halogens is 1. The quantitative estimate of drug-likeness (QED) is 0.113. The van der Waals surface area contributed by atoms with Crippen molar-refractivity contribution < 1.29 is 26.4 Å². The molecule has 0 amide bonds. The Morgan fingerprint density at radius 1 is 0.567 bits per heavy atom. The topological polar surface area (TPSA) is 39.8 Å². The molecule has 0 aliphatic heterocycles. The van der Waals surface area contributed by atoms with Gasteiger partial charge in [-0.25, -0.2) is 0 Å². The summed E-state index contributed by atoms with van der Waals surface area (Å²) in [5.41, 5.74) is 0. The largest absolute Gasteiger partial charge is 0.0767 e. The van der Waals surface area contributed by atoms with Crippen molar-refractivity contribution in [2.24, 2.45) is 0 Å². The molecule has 0 unspecified atom stereocenters. The van der Waals surface area contributed by atoms with Gasteiger partial charge >= 0.3 is 175 Å². The van der Waals surface area contributed by atoms with E-state index in [-0.39, 0.29) is 17.1 Å². The minimum absolute atomic E-state index is 0. The average Bonchev–Trinajstić information content (AvgIpc) is 3.04. The van der Waals surface area contributed by atoms with E-state index in [0.29, 0.717) is 0 Å². The predicted molar refractivity (Wildman–Crippen MR) is 151 cm³/mol. The van der Waals surface area contributed by atoms with E-state index in [1.54, 1.807) is 0 Å². The van der Waals surface area contributed by atoms with Gasteiger partial charge in [0, 0.05) is 23.5 Å². The van der Waals surface area contributed by atoms with E-state index in [9.17, 15) is 0 Å². The minimum Gasteiger partial charge on any atom is -0.0767 e. The maximum absolute atomic E-state index is 7.50. The maximum Gasteiger partial charge on any atom is 0.00506 e. The van der Waals surface area contributed by atoms with Crippen LogP contribution in [0.2, 0.25) is 84.0 Å². The molecule has 0 N–H and O–H groups in total. The Kier molecular flexibility index (Phi) is 22.8. The zero-order chi connectivity index (χ0) is 24.3. The van der Waals surface area contributed by atoms with Gasteiger partial charge in [-0.15, -0.1) is 0 Å². The Morgan fingerprint density at radius 3 is 0.867 bits per heavy atom. The van der Waals surface area contributed by atoms with Crippen molar-refractivity contribution in [3.8, 4) is 0 Å². The van der Waals surface area contributed by atoms with E-state index in [0.717, 1.165) is 0 Å². The van der Waals surface area contributed by atoms with E-state index < -0.39 is 50.7 Å². The summed E-state index contributed by atoms with van der Waals surface area (Å²) in [5, 5.41) is 0. The second-order valence-electron chi connectivity index (χ2n) is 11.7. The SMILES string of the molecule is C[Si](C)(C)[CH]([Pb]([I])[CH]([Si](C)(C)C)[Si](C)(C)C)[Si](C)(C)C.[C-]#[O+].[C-]#[O+].[CH]1C=CC=C1.[Fe]. The molecule has 0 spiro atoms. The zero-order valence-electron chi connectivity index (χ0n) is 21.1. The van der Waals surface area contributed by atoms with Crippen LogP contribution in [0.4, 0.5) is 0 Å². The first-order valence-corrected chi connectivity index (χ1v) is 39.7. The first-order valence-electron chi connectivity index (χ1n) is 10.00. The molecule has 0 saturated heterocycles. The Bertz CT molecular complexity index is 478. The normalized spacial score (nSPS) is 13.5. The smallest absolute Gasteiger partial charge is 0.00506 e. The van der Waals surface area contributed by atoms with Gasteiger partial charge in [-0.3, -0.25) is 0 Å². The van der Waals surface area contributed by atoms with Crippen LogP contribution in [0.25, 0.3) is 0 Å². The molecule has 0 aromatic heterocycles. The molecule has 0 atom stereocenters. The third-order valence-corrected chi connectivity index (χ3v) is 109. The number of allylic oxidation sites excluding steroid dienone is 4. The first-order chi connectivity index (χ1) is 12.9. The van der Waals surface area contributed by atoms with Crippen molar-refractivity contribution in [3.63, 3.8) is 0 Å². The van der Waals surface area contributed by atoms with Crippen molar-refractivity contribution in [3.05, 3.63) is 44.0 Å². The van der Waals surface area contributed by atoms with Gasteiger partial charge in [-0.1, -0.05) is 24.3 Å². The second-order valence-corrected chi connectivity index (χ2v) is 61.5. The van der Waals surface area contributed by atoms with Crippen LogP contribution < -0.4 is 0 Å². The van der Waals surface area contributed by atoms with Gasteiger partial charge in [0.2, 0.25) is 0 Å². The molecule has 0 heterocycles. The summed E-state index contributed by atoms with van der Waals surface area (Å²) >= 11 is 1.53. The summed E-state index contributed by atoms with van der Waals surface area (Å²) in [6, 6.07) is 0. The molecule has 30 heavy (non-hydrogen) atoms. The summed E-state index contributed by atoms with van der Waals surface area (Å²) in [6.45, 7) is 41.1. The van der Waals surface area contributed by atoms with Crippen LogP contribution >= 0.6 is 17.8 Å². The Balaban J connectivity index is -0.000000282. The van der Waals surface area contributed by atoms with E-state index in [1.807, 2.05) is 30.7 Å². The molecule has 2 nitrogen and oxygen atoms in total. The van der Waals surface area contributed by atoms with Crippen LogP contribution in [0.3, 0.4) is 0 Å². The maximum atomic E-state index is 7.50. The monoisotopic (exact) mass is 830 g/mol. The molecule has 0 aromatic carbocycles. The van der Waals surface area contributed by atoms with Gasteiger partial charge in [0.25, 0.3) is 0 Å². The van der Waals surface area contributed by atoms with Crippen LogP contribution in [0.15, 0.2) is 24.3 Å². The standard InChI is InChI=1S/2C7H19Si2.C5H5.2CO.Fe.HI.Pb/c2*1-8(2,3)7-9(4,5)6;1-2-4-5-3-1;2*1-2;;;/h2*7H,1-6H3;1-5H;;;;1H;/q;;;;;;;+1/p-1. The first kappa shape index (κ1) is 39.2. The molecule has 1 rings (SSSR count). The molecular formula is C21H43FeIO2PbSi4. The third kappa shape index (κ3) is 16.6. The molecule has 0 aromatic rings. The fourth-order valence-electron chi connectivity index (χ4n) is 4.74. The summed E-state index contributed by atoms with van der Waals surface area (Å²) in [5.74, 6) is 0. The van der Waals surface area contributed by atoms with Crippen molar-refractivity contribution >= 4 is 68.5 Å². The second kappa shape index (κ2) is 17.4. The fourth-order valence-corrected chi connectivity index (χ4v) is 179. The molecule has 9 heteroatoms. The van der Waals surface area contributed by atoms with Crippen LogP contribution in [-0.2, 0) is 26.4 Å². The van der Waals surface area contributed by atoms with Gasteiger partial charge in [0.05, 0.1) is 0 Å². The van der Waals surface area contributed by atoms with Crippen LogP contribution in [0.1, 0.15) is 0 Å². The van der Waals surface area contributed by atoms with E-state index in [2.05, 4.69) is 110 Å². The molecule has 1 aliphatic rings. The van der Waals surface area contributed by atoms with Crippen molar-refractivity contribution in [1.29, 1.82) is 0 Å². The van der Waals surface area contributed by atoms with Crippen molar-refractivity contribution in [2.45, 2.75) is 84.0 Å².